The summed E-state index contributed by atoms with van der Waals surface area (Å²) in [6.45, 7) is 0. The minimum Gasteiger partial charge on any atom is -0.497 e. The molecule has 0 spiro atoms. The molecule has 7 heteroatoms. The van der Waals surface area contributed by atoms with Gasteiger partial charge >= 0.3 is 12.1 Å². The fraction of sp³-hybridized carbons (Fsp3) is 0.167. The maximum atomic E-state index is 14.1. The maximum Gasteiger partial charge on any atom is 0.437 e. The summed E-state index contributed by atoms with van der Waals surface area (Å²) in [5.41, 5.74) is -4.08. The van der Waals surface area contributed by atoms with Gasteiger partial charge in [0, 0.05) is 11.1 Å². The Hall–Kier alpha value is -2.96. The van der Waals surface area contributed by atoms with Crippen molar-refractivity contribution in [3.05, 3.63) is 65.2 Å². The van der Waals surface area contributed by atoms with E-state index in [1.54, 1.807) is 6.07 Å². The zero-order chi connectivity index (χ0) is 18.2. The summed E-state index contributed by atoms with van der Waals surface area (Å²) in [6, 6.07) is 10.9. The monoisotopic (exact) mass is 350 g/mol. The molecule has 1 N–H and O–H groups in total. The molecule has 25 heavy (non-hydrogen) atoms. The van der Waals surface area contributed by atoms with Crippen molar-refractivity contribution in [2.75, 3.05) is 7.11 Å². The van der Waals surface area contributed by atoms with Gasteiger partial charge in [0.05, 0.1) is 12.7 Å². The highest BCUT2D eigenvalue weighted by atomic mass is 19.4. The first-order valence-electron chi connectivity index (χ1n) is 7.24. The third-order valence-electron chi connectivity index (χ3n) is 3.99. The maximum absolute atomic E-state index is 14.1. The Balaban J connectivity index is 2.29. The van der Waals surface area contributed by atoms with Crippen molar-refractivity contribution >= 4 is 12.0 Å². The van der Waals surface area contributed by atoms with Crippen LogP contribution in [0.4, 0.5) is 13.2 Å². The summed E-state index contributed by atoms with van der Waals surface area (Å²) in [5, 5.41) is 9.45. The third-order valence-corrected chi connectivity index (χ3v) is 3.99. The lowest BCUT2D eigenvalue weighted by Gasteiger charge is -2.39. The molecule has 3 rings (SSSR count). The lowest BCUT2D eigenvalue weighted by atomic mass is 9.82. The lowest BCUT2D eigenvalue weighted by Crippen LogP contribution is -2.52. The second kappa shape index (κ2) is 5.84. The zero-order valence-corrected chi connectivity index (χ0v) is 13.0. The van der Waals surface area contributed by atoms with Gasteiger partial charge in [0.25, 0.3) is 5.60 Å². The van der Waals surface area contributed by atoms with Crippen LogP contribution < -0.4 is 9.47 Å². The van der Waals surface area contributed by atoms with Crippen molar-refractivity contribution in [1.82, 2.24) is 0 Å². The number of aliphatic carboxylic acids is 1. The van der Waals surface area contributed by atoms with Gasteiger partial charge < -0.3 is 14.6 Å². The van der Waals surface area contributed by atoms with Crippen LogP contribution >= 0.6 is 0 Å². The van der Waals surface area contributed by atoms with Gasteiger partial charge in [-0.2, -0.15) is 13.2 Å². The lowest BCUT2D eigenvalue weighted by molar-refractivity contribution is -0.240. The van der Waals surface area contributed by atoms with Crippen LogP contribution in [0.5, 0.6) is 11.5 Å². The second-order valence-electron chi connectivity index (χ2n) is 5.41. The molecule has 2 aromatic rings. The van der Waals surface area contributed by atoms with Crippen LogP contribution in [0.2, 0.25) is 0 Å². The summed E-state index contributed by atoms with van der Waals surface area (Å²) in [5.74, 6) is -1.40. The normalized spacial score (nSPS) is 19.4. The Kier molecular flexibility index (Phi) is 3.94. The molecule has 0 amide bonds. The van der Waals surface area contributed by atoms with Crippen LogP contribution in [0.1, 0.15) is 11.1 Å². The van der Waals surface area contributed by atoms with E-state index in [-0.39, 0.29) is 16.9 Å². The van der Waals surface area contributed by atoms with E-state index in [1.807, 2.05) is 0 Å². The molecule has 1 aliphatic rings. The number of carbonyl (C=O) groups is 1. The van der Waals surface area contributed by atoms with E-state index >= 15 is 0 Å². The number of alkyl halides is 3. The summed E-state index contributed by atoms with van der Waals surface area (Å²) in [6.07, 6.45) is -4.00. The number of hydrogen-bond donors (Lipinski definition) is 1. The molecular formula is C18H13F3O4. The largest absolute Gasteiger partial charge is 0.497 e. The summed E-state index contributed by atoms with van der Waals surface area (Å²) >= 11 is 0. The Morgan fingerprint density at radius 1 is 1.12 bits per heavy atom. The Morgan fingerprint density at radius 2 is 1.76 bits per heavy atom. The first kappa shape index (κ1) is 16.9. The molecule has 0 fully saturated rings. The number of para-hydroxylation sites is 1. The van der Waals surface area contributed by atoms with Crippen molar-refractivity contribution in [2.24, 2.45) is 0 Å². The van der Waals surface area contributed by atoms with Crippen LogP contribution in [-0.2, 0) is 10.4 Å². The fourth-order valence-corrected chi connectivity index (χ4v) is 2.80. The van der Waals surface area contributed by atoms with E-state index in [9.17, 15) is 23.1 Å². The van der Waals surface area contributed by atoms with Gasteiger partial charge in [-0.05, 0) is 24.3 Å². The predicted octanol–water partition coefficient (Wildman–Crippen LogP) is 4.01. The number of fused-ring (bicyclic) bond motifs is 1. The Bertz CT molecular complexity index is 840. The number of halogens is 3. The Morgan fingerprint density at radius 3 is 2.32 bits per heavy atom. The number of benzene rings is 2. The molecule has 1 aliphatic heterocycles. The van der Waals surface area contributed by atoms with Crippen LogP contribution in [0.15, 0.2) is 54.1 Å². The van der Waals surface area contributed by atoms with E-state index in [0.29, 0.717) is 5.75 Å². The molecule has 4 nitrogen and oxygen atoms in total. The number of ether oxygens (including phenoxy) is 2. The van der Waals surface area contributed by atoms with Crippen molar-refractivity contribution in [3.63, 3.8) is 0 Å². The number of carboxylic acids is 1. The third kappa shape index (κ3) is 2.61. The molecular weight excluding hydrogens is 337 g/mol. The molecule has 0 bridgehead atoms. The summed E-state index contributed by atoms with van der Waals surface area (Å²) < 4.78 is 52.6. The quantitative estimate of drug-likeness (QED) is 0.909. The van der Waals surface area contributed by atoms with Gasteiger partial charge in [0.2, 0.25) is 0 Å². The fourth-order valence-electron chi connectivity index (χ4n) is 2.80. The topological polar surface area (TPSA) is 55.8 Å². The van der Waals surface area contributed by atoms with E-state index < -0.39 is 23.3 Å². The molecule has 130 valence electrons. The van der Waals surface area contributed by atoms with Crippen molar-refractivity contribution in [2.45, 2.75) is 11.8 Å². The number of hydrogen-bond acceptors (Lipinski definition) is 3. The number of methoxy groups -OCH3 is 1. The molecule has 0 aromatic heterocycles. The van der Waals surface area contributed by atoms with Crippen LogP contribution in [0.25, 0.3) is 6.08 Å². The predicted molar refractivity (Wildman–Crippen MR) is 83.4 cm³/mol. The number of rotatable bonds is 3. The average Bonchev–Trinajstić information content (AvgIpc) is 2.59. The number of carboxylic acid groups (broad SMARTS) is 1. The summed E-state index contributed by atoms with van der Waals surface area (Å²) in [4.78, 5) is 11.6. The molecule has 0 saturated carbocycles. The Labute approximate surface area is 141 Å². The standard InChI is InChI=1S/C18H13F3O4/c1-24-13-8-6-12(7-9-13)17(18(19,20)21)14(16(22)23)10-11-4-2-3-5-15(11)25-17/h2-10H,1H3,(H,22,23). The van der Waals surface area contributed by atoms with Crippen LogP contribution in [0, 0.1) is 0 Å². The van der Waals surface area contributed by atoms with Gasteiger partial charge in [-0.25, -0.2) is 4.79 Å². The molecule has 0 radical (unpaired) electrons. The first-order chi connectivity index (χ1) is 11.8. The molecule has 1 atom stereocenters. The van der Waals surface area contributed by atoms with Gasteiger partial charge in [0.1, 0.15) is 11.5 Å². The van der Waals surface area contributed by atoms with Crippen molar-refractivity contribution < 1.29 is 32.5 Å². The van der Waals surface area contributed by atoms with Gasteiger partial charge in [0.15, 0.2) is 0 Å². The SMILES string of the molecule is COc1ccc(C2(C(F)(F)F)Oc3ccccc3C=C2C(=O)O)cc1. The second-order valence-corrected chi connectivity index (χ2v) is 5.41. The smallest absolute Gasteiger partial charge is 0.437 e. The van der Waals surface area contributed by atoms with Gasteiger partial charge in [-0.1, -0.05) is 30.3 Å². The van der Waals surface area contributed by atoms with E-state index in [1.165, 1.54) is 37.4 Å². The van der Waals surface area contributed by atoms with Crippen molar-refractivity contribution in [3.8, 4) is 11.5 Å². The zero-order valence-electron chi connectivity index (χ0n) is 13.0. The van der Waals surface area contributed by atoms with E-state index in [2.05, 4.69) is 0 Å². The minimum atomic E-state index is -5.00. The van der Waals surface area contributed by atoms with E-state index in [4.69, 9.17) is 9.47 Å². The minimum absolute atomic E-state index is 0.0411. The highest BCUT2D eigenvalue weighted by Crippen LogP contribution is 2.51. The van der Waals surface area contributed by atoms with E-state index in [0.717, 1.165) is 18.2 Å². The molecule has 0 aliphatic carbocycles. The molecule has 0 saturated heterocycles. The van der Waals surface area contributed by atoms with Gasteiger partial charge in [-0.15, -0.1) is 0 Å². The summed E-state index contributed by atoms with van der Waals surface area (Å²) in [7, 11) is 1.38. The molecule has 1 unspecified atom stereocenters. The first-order valence-corrected chi connectivity index (χ1v) is 7.24. The average molecular weight is 350 g/mol. The van der Waals surface area contributed by atoms with Crippen molar-refractivity contribution in [1.29, 1.82) is 0 Å². The molecule has 1 heterocycles. The van der Waals surface area contributed by atoms with Gasteiger partial charge in [-0.3, -0.25) is 0 Å². The highest BCUT2D eigenvalue weighted by Gasteiger charge is 2.64. The molecule has 2 aromatic carbocycles. The highest BCUT2D eigenvalue weighted by molar-refractivity contribution is 5.96. The van der Waals surface area contributed by atoms with Crippen LogP contribution in [-0.4, -0.2) is 24.4 Å². The van der Waals surface area contributed by atoms with Crippen LogP contribution in [0.3, 0.4) is 0 Å².